The van der Waals surface area contributed by atoms with Crippen molar-refractivity contribution in [2.75, 3.05) is 6.54 Å². The number of rotatable bonds is 5. The largest absolute Gasteiger partial charge is 0.458 e. The molecule has 0 aromatic heterocycles. The number of ether oxygens (including phenoxy) is 2. The van der Waals surface area contributed by atoms with Gasteiger partial charge in [-0.15, -0.1) is 0 Å². The summed E-state index contributed by atoms with van der Waals surface area (Å²) in [6, 6.07) is 9.18. The first-order chi connectivity index (χ1) is 9.78. The van der Waals surface area contributed by atoms with Gasteiger partial charge in [-0.3, -0.25) is 0 Å². The maximum Gasteiger partial charge on any atom is 0.407 e. The minimum atomic E-state index is -1.42. The van der Waals surface area contributed by atoms with Gasteiger partial charge in [-0.1, -0.05) is 30.3 Å². The molecule has 0 heterocycles. The smallest absolute Gasteiger partial charge is 0.407 e. The lowest BCUT2D eigenvalue weighted by Gasteiger charge is -2.21. The van der Waals surface area contributed by atoms with Gasteiger partial charge < -0.3 is 19.9 Å². The van der Waals surface area contributed by atoms with Crippen LogP contribution in [0.3, 0.4) is 0 Å². The van der Waals surface area contributed by atoms with Gasteiger partial charge in [-0.25, -0.2) is 9.59 Å². The van der Waals surface area contributed by atoms with E-state index in [0.717, 1.165) is 5.56 Å². The minimum Gasteiger partial charge on any atom is -0.458 e. The van der Waals surface area contributed by atoms with Crippen LogP contribution in [0.1, 0.15) is 26.3 Å². The van der Waals surface area contributed by atoms with E-state index in [1.165, 1.54) is 0 Å². The van der Waals surface area contributed by atoms with Crippen molar-refractivity contribution in [3.63, 3.8) is 0 Å². The maximum atomic E-state index is 11.5. The quantitative estimate of drug-likeness (QED) is 0.806. The van der Waals surface area contributed by atoms with Crippen molar-refractivity contribution in [3.8, 4) is 0 Å². The van der Waals surface area contributed by atoms with Gasteiger partial charge in [0.05, 0.1) is 6.54 Å². The molecule has 21 heavy (non-hydrogen) atoms. The van der Waals surface area contributed by atoms with Crippen LogP contribution in [0.4, 0.5) is 4.79 Å². The molecule has 6 heteroatoms. The van der Waals surface area contributed by atoms with Gasteiger partial charge in [-0.05, 0) is 26.3 Å². The Hall–Kier alpha value is -2.08. The molecular weight excluding hydrogens is 274 g/mol. The summed E-state index contributed by atoms with van der Waals surface area (Å²) in [6.45, 7) is 4.94. The number of aliphatic hydroxyl groups excluding tert-OH is 1. The second kappa shape index (κ2) is 7.64. The van der Waals surface area contributed by atoms with Crippen molar-refractivity contribution in [1.82, 2.24) is 5.32 Å². The van der Waals surface area contributed by atoms with Crippen LogP contribution in [0.25, 0.3) is 0 Å². The molecule has 0 aliphatic heterocycles. The summed E-state index contributed by atoms with van der Waals surface area (Å²) >= 11 is 0. The van der Waals surface area contributed by atoms with E-state index in [0.29, 0.717) is 0 Å². The molecule has 0 aliphatic carbocycles. The van der Waals surface area contributed by atoms with Gasteiger partial charge in [0.25, 0.3) is 0 Å². The summed E-state index contributed by atoms with van der Waals surface area (Å²) in [5.74, 6) is -0.786. The molecule has 0 spiro atoms. The third kappa shape index (κ3) is 7.31. The molecule has 1 atom stereocenters. The normalized spacial score (nSPS) is 12.4. The molecule has 0 saturated heterocycles. The summed E-state index contributed by atoms with van der Waals surface area (Å²) in [6.07, 6.45) is -2.13. The molecule has 1 rings (SSSR count). The first-order valence-electron chi connectivity index (χ1n) is 6.63. The molecule has 1 aromatic carbocycles. The van der Waals surface area contributed by atoms with Crippen molar-refractivity contribution < 1.29 is 24.2 Å². The van der Waals surface area contributed by atoms with Crippen LogP contribution in [-0.2, 0) is 20.9 Å². The zero-order chi connectivity index (χ0) is 15.9. The van der Waals surface area contributed by atoms with Gasteiger partial charge in [0.2, 0.25) is 0 Å². The lowest BCUT2D eigenvalue weighted by atomic mass is 10.2. The predicted molar refractivity (Wildman–Crippen MR) is 76.5 cm³/mol. The molecule has 116 valence electrons. The number of carbonyl (C=O) groups excluding carboxylic acids is 2. The van der Waals surface area contributed by atoms with E-state index in [1.54, 1.807) is 20.8 Å². The summed E-state index contributed by atoms with van der Waals surface area (Å²) in [5, 5.41) is 11.9. The van der Waals surface area contributed by atoms with Gasteiger partial charge in [0.15, 0.2) is 6.10 Å². The number of aliphatic hydroxyl groups is 1. The van der Waals surface area contributed by atoms with Crippen LogP contribution in [0.5, 0.6) is 0 Å². The van der Waals surface area contributed by atoms with E-state index in [-0.39, 0.29) is 13.2 Å². The van der Waals surface area contributed by atoms with Crippen LogP contribution in [0, 0.1) is 0 Å². The first-order valence-corrected chi connectivity index (χ1v) is 6.63. The number of alkyl carbamates (subject to hydrolysis) is 1. The molecule has 0 aliphatic rings. The Balaban J connectivity index is 2.28. The van der Waals surface area contributed by atoms with Crippen molar-refractivity contribution in [3.05, 3.63) is 35.9 Å². The van der Waals surface area contributed by atoms with Gasteiger partial charge in [-0.2, -0.15) is 0 Å². The third-order valence-electron chi connectivity index (χ3n) is 2.33. The average molecular weight is 295 g/mol. The molecule has 0 bridgehead atoms. The van der Waals surface area contributed by atoms with Crippen LogP contribution >= 0.6 is 0 Å². The average Bonchev–Trinajstić information content (AvgIpc) is 2.41. The van der Waals surface area contributed by atoms with E-state index in [9.17, 15) is 14.7 Å². The summed E-state index contributed by atoms with van der Waals surface area (Å²) in [5.41, 5.74) is 0.159. The molecule has 1 unspecified atom stereocenters. The highest BCUT2D eigenvalue weighted by Gasteiger charge is 2.23. The highest BCUT2D eigenvalue weighted by atomic mass is 16.6. The van der Waals surface area contributed by atoms with Crippen LogP contribution in [0.15, 0.2) is 30.3 Å². The second-order valence-corrected chi connectivity index (χ2v) is 5.49. The fourth-order valence-electron chi connectivity index (χ4n) is 1.41. The Morgan fingerprint density at radius 2 is 1.86 bits per heavy atom. The van der Waals surface area contributed by atoms with Crippen molar-refractivity contribution in [1.29, 1.82) is 0 Å². The summed E-state index contributed by atoms with van der Waals surface area (Å²) in [7, 11) is 0. The second-order valence-electron chi connectivity index (χ2n) is 5.49. The van der Waals surface area contributed by atoms with Crippen molar-refractivity contribution in [2.45, 2.75) is 39.1 Å². The number of carbonyl (C=O) groups is 2. The van der Waals surface area contributed by atoms with E-state index in [4.69, 9.17) is 9.47 Å². The lowest BCUT2D eigenvalue weighted by molar-refractivity contribution is -0.164. The lowest BCUT2D eigenvalue weighted by Crippen LogP contribution is -2.40. The molecule has 1 amide bonds. The van der Waals surface area contributed by atoms with Crippen LogP contribution in [-0.4, -0.2) is 35.4 Å². The molecular formula is C15H21NO5. The number of hydrogen-bond donors (Lipinski definition) is 2. The number of benzene rings is 1. The summed E-state index contributed by atoms with van der Waals surface area (Å²) < 4.78 is 9.93. The van der Waals surface area contributed by atoms with Crippen LogP contribution in [0.2, 0.25) is 0 Å². The molecule has 0 fully saturated rings. The number of amides is 1. The standard InChI is InChI=1S/C15H21NO5/c1-15(2,3)21-13(18)12(17)9-16-14(19)20-10-11-7-5-4-6-8-11/h4-8,12,17H,9-10H2,1-3H3,(H,16,19). The summed E-state index contributed by atoms with van der Waals surface area (Å²) in [4.78, 5) is 22.9. The minimum absolute atomic E-state index is 0.120. The Labute approximate surface area is 124 Å². The zero-order valence-corrected chi connectivity index (χ0v) is 12.5. The monoisotopic (exact) mass is 295 g/mol. The van der Waals surface area contributed by atoms with E-state index < -0.39 is 23.8 Å². The highest BCUT2D eigenvalue weighted by Crippen LogP contribution is 2.08. The van der Waals surface area contributed by atoms with E-state index in [2.05, 4.69) is 5.32 Å². The van der Waals surface area contributed by atoms with Gasteiger partial charge in [0.1, 0.15) is 12.2 Å². The first kappa shape index (κ1) is 17.0. The maximum absolute atomic E-state index is 11.5. The number of esters is 1. The van der Waals surface area contributed by atoms with Crippen LogP contribution < -0.4 is 5.32 Å². The fourth-order valence-corrected chi connectivity index (χ4v) is 1.41. The topological polar surface area (TPSA) is 84.9 Å². The fraction of sp³-hybridized carbons (Fsp3) is 0.467. The Morgan fingerprint density at radius 3 is 2.43 bits per heavy atom. The third-order valence-corrected chi connectivity index (χ3v) is 2.33. The van der Waals surface area contributed by atoms with Gasteiger partial charge >= 0.3 is 12.1 Å². The predicted octanol–water partition coefficient (Wildman–Crippen LogP) is 1.62. The Morgan fingerprint density at radius 1 is 1.24 bits per heavy atom. The zero-order valence-electron chi connectivity index (χ0n) is 12.5. The number of hydrogen-bond acceptors (Lipinski definition) is 5. The van der Waals surface area contributed by atoms with E-state index >= 15 is 0 Å². The SMILES string of the molecule is CC(C)(C)OC(=O)C(O)CNC(=O)OCc1ccccc1. The molecule has 1 aromatic rings. The number of nitrogens with one attached hydrogen (secondary N) is 1. The Kier molecular flexibility index (Phi) is 6.17. The highest BCUT2D eigenvalue weighted by molar-refractivity contribution is 5.76. The molecule has 0 radical (unpaired) electrons. The van der Waals surface area contributed by atoms with Crippen molar-refractivity contribution in [2.24, 2.45) is 0 Å². The molecule has 2 N–H and O–H groups in total. The van der Waals surface area contributed by atoms with E-state index in [1.807, 2.05) is 30.3 Å². The molecule has 6 nitrogen and oxygen atoms in total. The van der Waals surface area contributed by atoms with Gasteiger partial charge in [0, 0.05) is 0 Å². The Bertz CT molecular complexity index is 467. The van der Waals surface area contributed by atoms with Crippen molar-refractivity contribution >= 4 is 12.1 Å². The molecule has 0 saturated carbocycles.